The van der Waals surface area contributed by atoms with Gasteiger partial charge in [-0.25, -0.2) is 0 Å². The zero-order valence-corrected chi connectivity index (χ0v) is 16.5. The van der Waals surface area contributed by atoms with E-state index in [2.05, 4.69) is 20.4 Å². The standard InChI is InChI=1S/C21H24N4O2.ClH/c1-3-16(9-12-22-10-1)13-20-24-21(25-27-20)18-5-7-19(8-6-18)26-15-17-4-2-11-23-14-17;/h2,4-8,11,14,16,22H,1,3,9-10,12-13,15H2;1H. The quantitative estimate of drug-likeness (QED) is 0.672. The molecular weight excluding hydrogens is 376 g/mol. The highest BCUT2D eigenvalue weighted by Gasteiger charge is 2.17. The van der Waals surface area contributed by atoms with E-state index in [4.69, 9.17) is 9.26 Å². The zero-order valence-electron chi connectivity index (χ0n) is 15.7. The van der Waals surface area contributed by atoms with E-state index in [1.54, 1.807) is 12.4 Å². The molecule has 1 saturated heterocycles. The number of benzene rings is 1. The lowest BCUT2D eigenvalue weighted by Gasteiger charge is -2.09. The van der Waals surface area contributed by atoms with Crippen LogP contribution < -0.4 is 10.1 Å². The van der Waals surface area contributed by atoms with Gasteiger partial charge < -0.3 is 14.6 Å². The Labute approximate surface area is 171 Å². The van der Waals surface area contributed by atoms with E-state index < -0.39 is 0 Å². The van der Waals surface area contributed by atoms with Gasteiger partial charge >= 0.3 is 0 Å². The first kappa shape index (κ1) is 20.3. The molecule has 3 aromatic rings. The molecule has 2 aromatic heterocycles. The fourth-order valence-corrected chi connectivity index (χ4v) is 3.35. The molecule has 0 saturated carbocycles. The van der Waals surface area contributed by atoms with Gasteiger partial charge in [-0.05, 0) is 68.6 Å². The lowest BCUT2D eigenvalue weighted by atomic mass is 9.97. The number of aromatic nitrogens is 3. The summed E-state index contributed by atoms with van der Waals surface area (Å²) in [5.41, 5.74) is 1.97. The van der Waals surface area contributed by atoms with Gasteiger partial charge in [-0.3, -0.25) is 4.98 Å². The molecule has 0 aliphatic carbocycles. The minimum absolute atomic E-state index is 0. The summed E-state index contributed by atoms with van der Waals surface area (Å²) in [6, 6.07) is 11.7. The maximum Gasteiger partial charge on any atom is 0.227 e. The molecule has 0 amide bonds. The van der Waals surface area contributed by atoms with Crippen LogP contribution >= 0.6 is 12.4 Å². The highest BCUT2D eigenvalue weighted by atomic mass is 35.5. The van der Waals surface area contributed by atoms with Gasteiger partial charge in [0.25, 0.3) is 0 Å². The monoisotopic (exact) mass is 400 g/mol. The van der Waals surface area contributed by atoms with Crippen LogP contribution in [0.4, 0.5) is 0 Å². The Morgan fingerprint density at radius 3 is 2.82 bits per heavy atom. The van der Waals surface area contributed by atoms with Crippen molar-refractivity contribution in [2.75, 3.05) is 13.1 Å². The normalized spacial score (nSPS) is 16.8. The minimum Gasteiger partial charge on any atom is -0.489 e. The summed E-state index contributed by atoms with van der Waals surface area (Å²) in [6.45, 7) is 2.68. The first-order chi connectivity index (χ1) is 13.4. The van der Waals surface area contributed by atoms with Gasteiger partial charge in [-0.1, -0.05) is 11.2 Å². The second-order valence-corrected chi connectivity index (χ2v) is 6.94. The summed E-state index contributed by atoms with van der Waals surface area (Å²) in [5.74, 6) is 2.79. The SMILES string of the molecule is Cl.c1cncc(COc2ccc(-c3noc(CC4CCCNCC4)n3)cc2)c1. The van der Waals surface area contributed by atoms with Gasteiger partial charge in [0.15, 0.2) is 0 Å². The van der Waals surface area contributed by atoms with E-state index in [1.807, 2.05) is 36.4 Å². The summed E-state index contributed by atoms with van der Waals surface area (Å²) in [4.78, 5) is 8.67. The van der Waals surface area contributed by atoms with Crippen LogP contribution in [0.2, 0.25) is 0 Å². The van der Waals surface area contributed by atoms with Crippen LogP contribution in [0.3, 0.4) is 0 Å². The Hall–Kier alpha value is -2.44. The molecule has 3 heterocycles. The number of pyridine rings is 1. The first-order valence-corrected chi connectivity index (χ1v) is 9.52. The van der Waals surface area contributed by atoms with Gasteiger partial charge in [0, 0.05) is 29.9 Å². The molecule has 4 rings (SSSR count). The summed E-state index contributed by atoms with van der Waals surface area (Å²) in [6.07, 6.45) is 8.02. The predicted molar refractivity (Wildman–Crippen MR) is 109 cm³/mol. The van der Waals surface area contributed by atoms with Crippen molar-refractivity contribution < 1.29 is 9.26 Å². The van der Waals surface area contributed by atoms with Crippen LogP contribution in [-0.2, 0) is 13.0 Å². The minimum atomic E-state index is 0. The van der Waals surface area contributed by atoms with Crippen molar-refractivity contribution in [1.82, 2.24) is 20.4 Å². The summed E-state index contributed by atoms with van der Waals surface area (Å²) in [5, 5.41) is 7.59. The molecule has 6 nitrogen and oxygen atoms in total. The lowest BCUT2D eigenvalue weighted by Crippen LogP contribution is -2.14. The van der Waals surface area contributed by atoms with E-state index in [9.17, 15) is 0 Å². The van der Waals surface area contributed by atoms with E-state index in [0.29, 0.717) is 18.3 Å². The van der Waals surface area contributed by atoms with Crippen molar-refractivity contribution in [3.05, 3.63) is 60.2 Å². The van der Waals surface area contributed by atoms with Crippen molar-refractivity contribution in [2.45, 2.75) is 32.3 Å². The van der Waals surface area contributed by atoms with Crippen LogP contribution in [0, 0.1) is 5.92 Å². The fraction of sp³-hybridized carbons (Fsp3) is 0.381. The summed E-state index contributed by atoms with van der Waals surface area (Å²) in [7, 11) is 0. The van der Waals surface area contributed by atoms with Crippen molar-refractivity contribution in [1.29, 1.82) is 0 Å². The molecule has 1 atom stereocenters. The second kappa shape index (κ2) is 10.2. The molecule has 1 aromatic carbocycles. The zero-order chi connectivity index (χ0) is 18.3. The van der Waals surface area contributed by atoms with Gasteiger partial charge in [0.05, 0.1) is 0 Å². The molecule has 0 radical (unpaired) electrons. The fourth-order valence-electron chi connectivity index (χ4n) is 3.35. The molecule has 1 unspecified atom stereocenters. The van der Waals surface area contributed by atoms with Crippen LogP contribution in [0.15, 0.2) is 53.3 Å². The van der Waals surface area contributed by atoms with Gasteiger partial charge in [0.2, 0.25) is 11.7 Å². The summed E-state index contributed by atoms with van der Waals surface area (Å²) < 4.78 is 11.3. The molecule has 0 spiro atoms. The van der Waals surface area contributed by atoms with Crippen molar-refractivity contribution in [2.24, 2.45) is 5.92 Å². The van der Waals surface area contributed by atoms with Crippen LogP contribution in [0.25, 0.3) is 11.4 Å². The third kappa shape index (κ3) is 5.53. The average molecular weight is 401 g/mol. The first-order valence-electron chi connectivity index (χ1n) is 9.52. The molecule has 7 heteroatoms. The molecule has 1 fully saturated rings. The third-order valence-electron chi connectivity index (χ3n) is 4.87. The Morgan fingerprint density at radius 1 is 1.11 bits per heavy atom. The number of halogens is 1. The predicted octanol–water partition coefficient (Wildman–Crippen LogP) is 4.06. The number of nitrogens with zero attached hydrogens (tertiary/aromatic N) is 3. The Balaban J connectivity index is 0.00000225. The molecule has 1 aliphatic heterocycles. The molecule has 1 N–H and O–H groups in total. The smallest absolute Gasteiger partial charge is 0.227 e. The van der Waals surface area contributed by atoms with Crippen LogP contribution in [-0.4, -0.2) is 28.2 Å². The van der Waals surface area contributed by atoms with Crippen LogP contribution in [0.5, 0.6) is 5.75 Å². The lowest BCUT2D eigenvalue weighted by molar-refractivity contribution is 0.306. The van der Waals surface area contributed by atoms with E-state index >= 15 is 0 Å². The third-order valence-corrected chi connectivity index (χ3v) is 4.87. The number of hydrogen-bond acceptors (Lipinski definition) is 6. The largest absolute Gasteiger partial charge is 0.489 e. The Bertz CT molecular complexity index is 831. The topological polar surface area (TPSA) is 73.1 Å². The number of rotatable bonds is 6. The van der Waals surface area contributed by atoms with Crippen molar-refractivity contribution >= 4 is 12.4 Å². The maximum absolute atomic E-state index is 5.79. The summed E-state index contributed by atoms with van der Waals surface area (Å²) >= 11 is 0. The Morgan fingerprint density at radius 2 is 2.00 bits per heavy atom. The Kier molecular flexibility index (Phi) is 7.39. The van der Waals surface area contributed by atoms with Crippen LogP contribution in [0.1, 0.15) is 30.7 Å². The molecule has 0 bridgehead atoms. The van der Waals surface area contributed by atoms with E-state index in [1.165, 1.54) is 19.3 Å². The number of ether oxygens (including phenoxy) is 1. The number of hydrogen-bond donors (Lipinski definition) is 1. The molecular formula is C21H25ClN4O2. The average Bonchev–Trinajstić information content (AvgIpc) is 3.03. The highest BCUT2D eigenvalue weighted by Crippen LogP contribution is 2.23. The van der Waals surface area contributed by atoms with Crippen molar-refractivity contribution in [3.8, 4) is 17.1 Å². The van der Waals surface area contributed by atoms with Gasteiger partial charge in [-0.2, -0.15) is 4.98 Å². The number of nitrogens with one attached hydrogen (secondary N) is 1. The molecule has 1 aliphatic rings. The molecule has 148 valence electrons. The molecule has 28 heavy (non-hydrogen) atoms. The van der Waals surface area contributed by atoms with E-state index in [-0.39, 0.29) is 12.4 Å². The highest BCUT2D eigenvalue weighted by molar-refractivity contribution is 5.85. The van der Waals surface area contributed by atoms with Crippen molar-refractivity contribution in [3.63, 3.8) is 0 Å². The maximum atomic E-state index is 5.79. The van der Waals surface area contributed by atoms with Gasteiger partial charge in [-0.15, -0.1) is 12.4 Å². The second-order valence-electron chi connectivity index (χ2n) is 6.94. The van der Waals surface area contributed by atoms with Gasteiger partial charge in [0.1, 0.15) is 12.4 Å². The van der Waals surface area contributed by atoms with E-state index in [0.717, 1.165) is 42.3 Å².